The minimum absolute atomic E-state index is 0.165. The molecule has 0 radical (unpaired) electrons. The lowest BCUT2D eigenvalue weighted by Crippen LogP contribution is -2.40. The Balaban J connectivity index is 1.21. The van der Waals surface area contributed by atoms with Gasteiger partial charge in [0.15, 0.2) is 0 Å². The second-order valence-corrected chi connectivity index (χ2v) is 14.1. The molecule has 0 spiro atoms. The Labute approximate surface area is 314 Å². The van der Waals surface area contributed by atoms with E-state index in [0.29, 0.717) is 0 Å². The van der Waals surface area contributed by atoms with Crippen molar-refractivity contribution in [3.63, 3.8) is 0 Å². The summed E-state index contributed by atoms with van der Waals surface area (Å²) in [6, 6.07) is 58.6. The van der Waals surface area contributed by atoms with Gasteiger partial charge in [0.05, 0.1) is 11.4 Å². The fourth-order valence-electron chi connectivity index (χ4n) is 7.43. The van der Waals surface area contributed by atoms with Gasteiger partial charge in [-0.15, -0.1) is 0 Å². The van der Waals surface area contributed by atoms with Gasteiger partial charge in [-0.3, -0.25) is 0 Å². The van der Waals surface area contributed by atoms with Crippen LogP contribution in [-0.2, 0) is 5.41 Å². The molecule has 54 heavy (non-hydrogen) atoms. The minimum Gasteiger partial charge on any atom is -0.310 e. The molecule has 0 saturated carbocycles. The molecule has 0 N–H and O–H groups in total. The van der Waals surface area contributed by atoms with Gasteiger partial charge in [0.1, 0.15) is 5.41 Å². The lowest BCUT2D eigenvalue weighted by molar-refractivity contribution is -0.173. The number of alkyl halides is 3. The number of halogens is 3. The second-order valence-electron chi connectivity index (χ2n) is 14.1. The summed E-state index contributed by atoms with van der Waals surface area (Å²) >= 11 is 0. The number of rotatable bonds is 8. The van der Waals surface area contributed by atoms with Gasteiger partial charge >= 0.3 is 6.18 Å². The van der Waals surface area contributed by atoms with E-state index in [1.54, 1.807) is 48.5 Å². The third kappa shape index (κ3) is 6.26. The zero-order chi connectivity index (χ0) is 37.5. The molecule has 8 aromatic carbocycles. The van der Waals surface area contributed by atoms with Gasteiger partial charge in [0, 0.05) is 33.5 Å². The summed E-state index contributed by atoms with van der Waals surface area (Å²) in [5.41, 5.74) is 5.57. The molecule has 0 atom stereocenters. The van der Waals surface area contributed by atoms with E-state index >= 15 is 13.2 Å². The summed E-state index contributed by atoms with van der Waals surface area (Å²) in [6.45, 7) is 5.35. The summed E-state index contributed by atoms with van der Waals surface area (Å²) in [4.78, 5) is 4.22. The van der Waals surface area contributed by atoms with Crippen molar-refractivity contribution in [3.05, 3.63) is 204 Å². The van der Waals surface area contributed by atoms with Crippen molar-refractivity contribution in [2.24, 2.45) is 0 Å². The molecule has 0 aliphatic rings. The van der Waals surface area contributed by atoms with Crippen LogP contribution in [0.15, 0.2) is 182 Å². The molecule has 0 bridgehead atoms. The molecule has 8 rings (SSSR count). The highest BCUT2D eigenvalue weighted by molar-refractivity contribution is 6.00. The summed E-state index contributed by atoms with van der Waals surface area (Å²) in [7, 11) is 0. The summed E-state index contributed by atoms with van der Waals surface area (Å²) in [5.74, 6) is 0. The number of aryl methyl sites for hydroxylation is 2. The van der Waals surface area contributed by atoms with E-state index in [1.165, 1.54) is 6.92 Å². The lowest BCUT2D eigenvalue weighted by Gasteiger charge is -2.34. The van der Waals surface area contributed by atoms with Crippen LogP contribution in [-0.4, -0.2) is 6.18 Å². The van der Waals surface area contributed by atoms with Crippen LogP contribution in [0, 0.1) is 13.8 Å². The Morgan fingerprint density at radius 3 is 1.04 bits per heavy atom. The predicted octanol–water partition coefficient (Wildman–Crippen LogP) is 14.4. The molecule has 5 heteroatoms. The van der Waals surface area contributed by atoms with E-state index in [2.05, 4.69) is 58.3 Å². The number of nitrogens with zero attached hydrogens (tertiary/aromatic N) is 2. The highest BCUT2D eigenvalue weighted by Gasteiger charge is 2.53. The Morgan fingerprint density at radius 2 is 0.685 bits per heavy atom. The number of benzene rings is 8. The molecule has 0 aliphatic carbocycles. The van der Waals surface area contributed by atoms with Crippen LogP contribution in [0.4, 0.5) is 47.3 Å². The van der Waals surface area contributed by atoms with Crippen LogP contribution in [0.1, 0.15) is 29.2 Å². The third-order valence-electron chi connectivity index (χ3n) is 10.6. The first-order chi connectivity index (χ1) is 26.1. The molecule has 0 amide bonds. The lowest BCUT2D eigenvalue weighted by atomic mass is 9.75. The van der Waals surface area contributed by atoms with Gasteiger partial charge in [0.2, 0.25) is 0 Å². The first-order valence-electron chi connectivity index (χ1n) is 18.1. The summed E-state index contributed by atoms with van der Waals surface area (Å²) in [6.07, 6.45) is -4.57. The average Bonchev–Trinajstić information content (AvgIpc) is 3.19. The van der Waals surface area contributed by atoms with Gasteiger partial charge in [-0.1, -0.05) is 132 Å². The maximum Gasteiger partial charge on any atom is 0.402 e. The summed E-state index contributed by atoms with van der Waals surface area (Å²) in [5, 5.41) is 4.26. The van der Waals surface area contributed by atoms with E-state index in [4.69, 9.17) is 0 Å². The molecule has 266 valence electrons. The molecule has 0 aromatic heterocycles. The number of anilines is 6. The topological polar surface area (TPSA) is 6.48 Å². The Kier molecular flexibility index (Phi) is 8.95. The normalized spacial score (nSPS) is 11.9. The Bertz CT molecular complexity index is 2370. The zero-order valence-corrected chi connectivity index (χ0v) is 30.3. The second kappa shape index (κ2) is 13.9. The van der Waals surface area contributed by atoms with Gasteiger partial charge in [-0.05, 0) is 103 Å². The van der Waals surface area contributed by atoms with Crippen molar-refractivity contribution < 1.29 is 13.2 Å². The van der Waals surface area contributed by atoms with Gasteiger partial charge in [-0.2, -0.15) is 13.2 Å². The molecular weight excluding hydrogens is 674 g/mol. The van der Waals surface area contributed by atoms with Crippen LogP contribution in [0.3, 0.4) is 0 Å². The van der Waals surface area contributed by atoms with E-state index in [9.17, 15) is 0 Å². The summed E-state index contributed by atoms with van der Waals surface area (Å²) < 4.78 is 46.4. The van der Waals surface area contributed by atoms with Crippen molar-refractivity contribution in [2.45, 2.75) is 32.4 Å². The van der Waals surface area contributed by atoms with Crippen molar-refractivity contribution in [1.82, 2.24) is 0 Å². The molecule has 8 aromatic rings. The largest absolute Gasteiger partial charge is 0.402 e. The first kappa shape index (κ1) is 34.7. The monoisotopic (exact) mass is 712 g/mol. The van der Waals surface area contributed by atoms with Gasteiger partial charge < -0.3 is 9.80 Å². The number of fused-ring (bicyclic) bond motifs is 2. The van der Waals surface area contributed by atoms with Crippen molar-refractivity contribution in [2.75, 3.05) is 9.80 Å². The first-order valence-corrected chi connectivity index (χ1v) is 18.1. The fraction of sp³-hybridized carbons (Fsp3) is 0.102. The molecule has 0 saturated heterocycles. The van der Waals surface area contributed by atoms with Crippen molar-refractivity contribution in [3.8, 4) is 0 Å². The minimum atomic E-state index is -4.57. The van der Waals surface area contributed by atoms with Crippen molar-refractivity contribution in [1.29, 1.82) is 0 Å². The Hall–Kier alpha value is -6.33. The standard InChI is InChI=1S/C49H39F3N2/c1-34-18-26-40(27-19-34)53(46-16-8-12-36-10-4-6-14-44(36)46)42-30-22-38(23-31-42)48(3,49(50,51)52)39-24-32-43(33-25-39)54(41-28-20-35(2)21-29-41)47-17-9-13-37-11-5-7-15-45(37)47/h4-33H,1-3H3. The maximum atomic E-state index is 15.5. The van der Waals surface area contributed by atoms with Crippen molar-refractivity contribution >= 4 is 55.7 Å². The molecule has 0 heterocycles. The smallest absolute Gasteiger partial charge is 0.310 e. The SMILES string of the molecule is Cc1ccc(N(c2ccc(C(C)(c3ccc(N(c4ccc(C)cc4)c4cccc5ccccc45)cc3)C(F)(F)F)cc2)c2cccc3ccccc23)cc1. The van der Waals surface area contributed by atoms with Gasteiger partial charge in [-0.25, -0.2) is 0 Å². The van der Waals surface area contributed by atoms with E-state index in [0.717, 1.165) is 66.8 Å². The average molecular weight is 713 g/mol. The number of hydrogen-bond donors (Lipinski definition) is 0. The predicted molar refractivity (Wildman–Crippen MR) is 219 cm³/mol. The maximum absolute atomic E-state index is 15.5. The fourth-order valence-corrected chi connectivity index (χ4v) is 7.43. The van der Waals surface area contributed by atoms with E-state index in [1.807, 2.05) is 98.8 Å². The Morgan fingerprint density at radius 1 is 0.370 bits per heavy atom. The molecule has 0 unspecified atom stereocenters. The quantitative estimate of drug-likeness (QED) is 0.155. The van der Waals surface area contributed by atoms with Crippen LogP contribution < -0.4 is 9.80 Å². The van der Waals surface area contributed by atoms with E-state index in [-0.39, 0.29) is 11.1 Å². The van der Waals surface area contributed by atoms with E-state index < -0.39 is 11.6 Å². The highest BCUT2D eigenvalue weighted by Crippen LogP contribution is 2.48. The number of hydrogen-bond acceptors (Lipinski definition) is 2. The van der Waals surface area contributed by atoms with Crippen LogP contribution >= 0.6 is 0 Å². The zero-order valence-electron chi connectivity index (χ0n) is 30.3. The molecule has 0 fully saturated rings. The van der Waals surface area contributed by atoms with Gasteiger partial charge in [0.25, 0.3) is 0 Å². The van der Waals surface area contributed by atoms with Crippen LogP contribution in [0.5, 0.6) is 0 Å². The van der Waals surface area contributed by atoms with Crippen LogP contribution in [0.25, 0.3) is 21.5 Å². The highest BCUT2D eigenvalue weighted by atomic mass is 19.4. The third-order valence-corrected chi connectivity index (χ3v) is 10.6. The molecule has 0 aliphatic heterocycles. The van der Waals surface area contributed by atoms with Crippen LogP contribution in [0.2, 0.25) is 0 Å². The molecular formula is C49H39F3N2. The molecule has 2 nitrogen and oxygen atoms in total.